The summed E-state index contributed by atoms with van der Waals surface area (Å²) < 4.78 is 5.24. The van der Waals surface area contributed by atoms with E-state index < -0.39 is 0 Å². The molecule has 2 N–H and O–H groups in total. The van der Waals surface area contributed by atoms with Crippen LogP contribution in [0, 0.1) is 0 Å². The highest BCUT2D eigenvalue weighted by Crippen LogP contribution is 2.25. The van der Waals surface area contributed by atoms with Crippen molar-refractivity contribution < 1.29 is 4.74 Å². The van der Waals surface area contributed by atoms with Gasteiger partial charge in [0.2, 0.25) is 0 Å². The number of ether oxygens (including phenoxy) is 1. The molecule has 102 valence electrons. The molecule has 2 aromatic rings. The van der Waals surface area contributed by atoms with Crippen molar-refractivity contribution in [2.24, 2.45) is 5.73 Å². The van der Waals surface area contributed by atoms with Crippen molar-refractivity contribution in [3.05, 3.63) is 36.4 Å². The van der Waals surface area contributed by atoms with Crippen LogP contribution in [0.15, 0.2) is 36.4 Å². The molecule has 2 aromatic carbocycles. The third-order valence-electron chi connectivity index (χ3n) is 3.12. The Bertz CT molecular complexity index is 572. The van der Waals surface area contributed by atoms with Crippen LogP contribution in [0.5, 0.6) is 5.75 Å². The van der Waals surface area contributed by atoms with Gasteiger partial charge in [0, 0.05) is 24.8 Å². The first-order valence-corrected chi connectivity index (χ1v) is 6.47. The zero-order valence-electron chi connectivity index (χ0n) is 12.1. The number of likely N-dealkylation sites (N-methyl/N-ethyl adjacent to an activating group) is 1. The van der Waals surface area contributed by atoms with Crippen LogP contribution in [0.25, 0.3) is 10.8 Å². The van der Waals surface area contributed by atoms with Gasteiger partial charge in [-0.25, -0.2) is 0 Å². The smallest absolute Gasteiger partial charge is 0.119 e. The van der Waals surface area contributed by atoms with Gasteiger partial charge in [-0.3, -0.25) is 0 Å². The molecule has 0 fully saturated rings. The molecular weight excluding hydrogens is 236 g/mol. The molecule has 0 bridgehead atoms. The number of hydrogen-bond acceptors (Lipinski definition) is 3. The van der Waals surface area contributed by atoms with Crippen molar-refractivity contribution >= 4 is 16.5 Å². The van der Waals surface area contributed by atoms with E-state index in [1.165, 1.54) is 16.5 Å². The Hall–Kier alpha value is -1.74. The van der Waals surface area contributed by atoms with E-state index >= 15 is 0 Å². The van der Waals surface area contributed by atoms with Crippen molar-refractivity contribution in [1.29, 1.82) is 0 Å². The number of methoxy groups -OCH3 is 1. The van der Waals surface area contributed by atoms with Crippen molar-refractivity contribution in [3.63, 3.8) is 0 Å². The lowest BCUT2D eigenvalue weighted by Gasteiger charge is -2.28. The number of rotatable bonds is 4. The lowest BCUT2D eigenvalue weighted by molar-refractivity contribution is 0.415. The third-order valence-corrected chi connectivity index (χ3v) is 3.12. The molecule has 0 amide bonds. The molecule has 0 saturated heterocycles. The highest BCUT2D eigenvalue weighted by molar-refractivity contribution is 5.87. The maximum Gasteiger partial charge on any atom is 0.119 e. The van der Waals surface area contributed by atoms with E-state index in [1.807, 2.05) is 26.0 Å². The highest BCUT2D eigenvalue weighted by Gasteiger charge is 2.14. The van der Waals surface area contributed by atoms with E-state index in [9.17, 15) is 0 Å². The summed E-state index contributed by atoms with van der Waals surface area (Å²) in [7, 11) is 3.76. The van der Waals surface area contributed by atoms with Crippen LogP contribution >= 0.6 is 0 Å². The Morgan fingerprint density at radius 1 is 1.11 bits per heavy atom. The molecule has 0 atom stereocenters. The molecule has 0 spiro atoms. The quantitative estimate of drug-likeness (QED) is 0.916. The minimum atomic E-state index is -0.205. The summed E-state index contributed by atoms with van der Waals surface area (Å²) in [4.78, 5) is 2.18. The number of nitrogens with zero attached hydrogens (tertiary/aromatic N) is 1. The van der Waals surface area contributed by atoms with Gasteiger partial charge in [-0.1, -0.05) is 12.1 Å². The molecule has 3 nitrogen and oxygen atoms in total. The van der Waals surface area contributed by atoms with Crippen molar-refractivity contribution in [1.82, 2.24) is 0 Å². The molecule has 0 aliphatic rings. The fourth-order valence-electron chi connectivity index (χ4n) is 2.28. The largest absolute Gasteiger partial charge is 0.497 e. The predicted molar refractivity (Wildman–Crippen MR) is 82.0 cm³/mol. The van der Waals surface area contributed by atoms with Gasteiger partial charge in [-0.15, -0.1) is 0 Å². The first-order chi connectivity index (χ1) is 8.89. The van der Waals surface area contributed by atoms with Gasteiger partial charge in [-0.05, 0) is 48.9 Å². The standard InChI is InChI=1S/C16H22N2O/c1-16(2,17)11-18(3)14-7-5-13-10-15(19-4)8-6-12(13)9-14/h5-10H,11,17H2,1-4H3. The monoisotopic (exact) mass is 258 g/mol. The van der Waals surface area contributed by atoms with Crippen LogP contribution < -0.4 is 15.4 Å². The van der Waals surface area contributed by atoms with Crippen LogP contribution in [-0.2, 0) is 0 Å². The summed E-state index contributed by atoms with van der Waals surface area (Å²) in [5.74, 6) is 0.886. The van der Waals surface area contributed by atoms with E-state index in [-0.39, 0.29) is 5.54 Å². The Labute approximate surface area is 115 Å². The number of hydrogen-bond donors (Lipinski definition) is 1. The minimum absolute atomic E-state index is 0.205. The summed E-state index contributed by atoms with van der Waals surface area (Å²) >= 11 is 0. The lowest BCUT2D eigenvalue weighted by atomic mass is 10.1. The maximum atomic E-state index is 6.07. The van der Waals surface area contributed by atoms with Gasteiger partial charge < -0.3 is 15.4 Å². The summed E-state index contributed by atoms with van der Waals surface area (Å²) in [6.07, 6.45) is 0. The zero-order chi connectivity index (χ0) is 14.0. The van der Waals surface area contributed by atoms with Gasteiger partial charge >= 0.3 is 0 Å². The molecule has 0 radical (unpaired) electrons. The van der Waals surface area contributed by atoms with Crippen LogP contribution in [0.4, 0.5) is 5.69 Å². The molecule has 0 aromatic heterocycles. The summed E-state index contributed by atoms with van der Waals surface area (Å²) in [6, 6.07) is 12.5. The number of benzene rings is 2. The number of nitrogens with two attached hydrogens (primary N) is 1. The minimum Gasteiger partial charge on any atom is -0.497 e. The van der Waals surface area contributed by atoms with Gasteiger partial charge in [0.05, 0.1) is 7.11 Å². The lowest BCUT2D eigenvalue weighted by Crippen LogP contribution is -2.44. The molecule has 0 saturated carbocycles. The second-order valence-electron chi connectivity index (χ2n) is 5.74. The van der Waals surface area contributed by atoms with Gasteiger partial charge in [0.25, 0.3) is 0 Å². The van der Waals surface area contributed by atoms with E-state index in [2.05, 4.69) is 36.2 Å². The number of fused-ring (bicyclic) bond motifs is 1. The molecule has 3 heteroatoms. The Kier molecular flexibility index (Phi) is 3.67. The average molecular weight is 258 g/mol. The molecule has 0 aliphatic heterocycles. The van der Waals surface area contributed by atoms with Gasteiger partial charge in [-0.2, -0.15) is 0 Å². The normalized spacial score (nSPS) is 11.6. The Morgan fingerprint density at radius 3 is 2.37 bits per heavy atom. The topological polar surface area (TPSA) is 38.5 Å². The molecular formula is C16H22N2O. The maximum absolute atomic E-state index is 6.07. The Balaban J connectivity index is 2.31. The van der Waals surface area contributed by atoms with Gasteiger partial charge in [0.15, 0.2) is 0 Å². The Morgan fingerprint density at radius 2 is 1.74 bits per heavy atom. The second kappa shape index (κ2) is 5.10. The second-order valence-corrected chi connectivity index (χ2v) is 5.74. The van der Waals surface area contributed by atoms with Crippen LogP contribution in [0.2, 0.25) is 0 Å². The van der Waals surface area contributed by atoms with Gasteiger partial charge in [0.1, 0.15) is 5.75 Å². The van der Waals surface area contributed by atoms with Crippen molar-refractivity contribution in [2.45, 2.75) is 19.4 Å². The van der Waals surface area contributed by atoms with E-state index in [0.717, 1.165) is 12.3 Å². The van der Waals surface area contributed by atoms with Crippen molar-refractivity contribution in [2.75, 3.05) is 25.6 Å². The first kappa shape index (κ1) is 13.7. The summed E-state index contributed by atoms with van der Waals surface area (Å²) in [5, 5.41) is 2.39. The number of anilines is 1. The van der Waals surface area contributed by atoms with E-state index in [4.69, 9.17) is 10.5 Å². The van der Waals surface area contributed by atoms with Crippen LogP contribution in [0.3, 0.4) is 0 Å². The SMILES string of the molecule is COc1ccc2cc(N(C)CC(C)(C)N)ccc2c1. The molecule has 2 rings (SSSR count). The fourth-order valence-corrected chi connectivity index (χ4v) is 2.28. The van der Waals surface area contributed by atoms with Crippen LogP contribution in [0.1, 0.15) is 13.8 Å². The summed E-state index contributed by atoms with van der Waals surface area (Å²) in [6.45, 7) is 4.89. The zero-order valence-corrected chi connectivity index (χ0v) is 12.1. The van der Waals surface area contributed by atoms with Crippen LogP contribution in [-0.4, -0.2) is 26.2 Å². The molecule has 0 unspecified atom stereocenters. The van der Waals surface area contributed by atoms with E-state index in [1.54, 1.807) is 7.11 Å². The first-order valence-electron chi connectivity index (χ1n) is 6.47. The third kappa shape index (κ3) is 3.38. The molecule has 0 aliphatic carbocycles. The van der Waals surface area contributed by atoms with E-state index in [0.29, 0.717) is 0 Å². The molecule has 19 heavy (non-hydrogen) atoms. The fraction of sp³-hybridized carbons (Fsp3) is 0.375. The summed E-state index contributed by atoms with van der Waals surface area (Å²) in [5.41, 5.74) is 7.04. The van der Waals surface area contributed by atoms with Crippen molar-refractivity contribution in [3.8, 4) is 5.75 Å². The predicted octanol–water partition coefficient (Wildman–Crippen LogP) is 3.02. The molecule has 0 heterocycles. The highest BCUT2D eigenvalue weighted by atomic mass is 16.5. The average Bonchev–Trinajstić information content (AvgIpc) is 2.35.